The van der Waals surface area contributed by atoms with Gasteiger partial charge in [0.2, 0.25) is 0 Å². The summed E-state index contributed by atoms with van der Waals surface area (Å²) in [5.41, 5.74) is 0.329. The first-order valence-corrected chi connectivity index (χ1v) is 7.48. The quantitative estimate of drug-likeness (QED) is 0.668. The topological polar surface area (TPSA) is 126 Å². The van der Waals surface area contributed by atoms with Crippen molar-refractivity contribution >= 4 is 29.4 Å². The average Bonchev–Trinajstić information content (AvgIpc) is 3.11. The number of aromatic nitrogens is 5. The molecule has 2 amide bonds. The molecule has 0 fully saturated rings. The second-order valence-corrected chi connectivity index (χ2v) is 6.20. The molecule has 0 radical (unpaired) electrons. The van der Waals surface area contributed by atoms with Gasteiger partial charge < -0.3 is 4.74 Å². The van der Waals surface area contributed by atoms with Gasteiger partial charge in [-0.1, -0.05) is 0 Å². The highest BCUT2D eigenvalue weighted by Crippen LogP contribution is 2.14. The lowest BCUT2D eigenvalue weighted by atomic mass is 10.2. The van der Waals surface area contributed by atoms with Gasteiger partial charge in [-0.2, -0.15) is 9.50 Å². The predicted octanol–water partition coefficient (Wildman–Crippen LogP) is 2.05. The second kappa shape index (κ2) is 6.23. The fourth-order valence-electron chi connectivity index (χ4n) is 2.00. The molecule has 0 aliphatic heterocycles. The van der Waals surface area contributed by atoms with Crippen LogP contribution in [-0.4, -0.2) is 42.4 Å². The number of rotatable bonds is 3. The Morgan fingerprint density at radius 1 is 1.12 bits per heavy atom. The maximum Gasteiger partial charge on any atom is 0.412 e. The van der Waals surface area contributed by atoms with Gasteiger partial charge in [-0.25, -0.2) is 4.79 Å². The molecule has 10 heteroatoms. The predicted molar refractivity (Wildman–Crippen MR) is 89.4 cm³/mol. The summed E-state index contributed by atoms with van der Waals surface area (Å²) in [6, 6.07) is 6.36. The molecule has 0 bridgehead atoms. The summed E-state index contributed by atoms with van der Waals surface area (Å²) in [5, 5.41) is 15.6. The van der Waals surface area contributed by atoms with Crippen molar-refractivity contribution in [3.63, 3.8) is 0 Å². The Morgan fingerprint density at radius 2 is 1.84 bits per heavy atom. The molecule has 3 rings (SSSR count). The van der Waals surface area contributed by atoms with Gasteiger partial charge in [0.05, 0.1) is 0 Å². The number of nitrogens with one attached hydrogen (secondary N) is 3. The zero-order valence-electron chi connectivity index (χ0n) is 13.9. The number of hydrogen-bond acceptors (Lipinski definition) is 6. The monoisotopic (exact) mass is 343 g/mol. The Balaban J connectivity index is 1.64. The van der Waals surface area contributed by atoms with Crippen LogP contribution in [0.15, 0.2) is 30.6 Å². The Kier molecular flexibility index (Phi) is 4.09. The van der Waals surface area contributed by atoms with Crippen molar-refractivity contribution in [1.29, 1.82) is 0 Å². The van der Waals surface area contributed by atoms with Crippen LogP contribution in [0.2, 0.25) is 0 Å². The van der Waals surface area contributed by atoms with E-state index < -0.39 is 11.7 Å². The third kappa shape index (κ3) is 3.91. The smallest absolute Gasteiger partial charge is 0.412 e. The first-order chi connectivity index (χ1) is 11.8. The summed E-state index contributed by atoms with van der Waals surface area (Å²) in [7, 11) is 0. The van der Waals surface area contributed by atoms with E-state index in [-0.39, 0.29) is 11.9 Å². The van der Waals surface area contributed by atoms with Crippen molar-refractivity contribution in [2.24, 2.45) is 0 Å². The molecule has 1 aromatic carbocycles. The molecule has 3 aromatic rings. The molecule has 0 saturated carbocycles. The number of nitrogens with zero attached hydrogens (tertiary/aromatic N) is 4. The third-order valence-corrected chi connectivity index (χ3v) is 3.03. The van der Waals surface area contributed by atoms with E-state index >= 15 is 0 Å². The highest BCUT2D eigenvalue weighted by Gasteiger charge is 2.16. The number of carbonyl (C=O) groups excluding carboxylic acids is 2. The Hall–Kier alpha value is -3.43. The van der Waals surface area contributed by atoms with Crippen LogP contribution in [0.5, 0.6) is 0 Å². The van der Waals surface area contributed by atoms with Gasteiger partial charge in [-0.05, 0) is 45.0 Å². The first kappa shape index (κ1) is 16.4. The van der Waals surface area contributed by atoms with Crippen molar-refractivity contribution in [3.05, 3.63) is 36.2 Å². The van der Waals surface area contributed by atoms with Crippen molar-refractivity contribution in [1.82, 2.24) is 24.8 Å². The van der Waals surface area contributed by atoms with Gasteiger partial charge in [-0.3, -0.25) is 20.5 Å². The normalized spacial score (nSPS) is 11.3. The number of fused-ring (bicyclic) bond motifs is 1. The van der Waals surface area contributed by atoms with Crippen LogP contribution >= 0.6 is 0 Å². The maximum absolute atomic E-state index is 12.3. The summed E-state index contributed by atoms with van der Waals surface area (Å²) in [6.07, 6.45) is 0.881. The van der Waals surface area contributed by atoms with E-state index in [1.807, 2.05) is 0 Å². The highest BCUT2D eigenvalue weighted by atomic mass is 16.6. The van der Waals surface area contributed by atoms with E-state index in [9.17, 15) is 9.59 Å². The molecule has 0 aliphatic carbocycles. The Bertz CT molecular complexity index is 905. The van der Waals surface area contributed by atoms with Gasteiger partial charge in [0.1, 0.15) is 11.9 Å². The van der Waals surface area contributed by atoms with Crippen molar-refractivity contribution in [2.75, 3.05) is 10.6 Å². The zero-order chi connectivity index (χ0) is 18.0. The molecule has 10 nitrogen and oxygen atoms in total. The molecule has 2 aromatic heterocycles. The summed E-state index contributed by atoms with van der Waals surface area (Å²) >= 11 is 0. The SMILES string of the molecule is CC(C)(C)OC(=O)Nc1ccc(C(=O)Nc2nnc3nc[nH]n23)cc1. The summed E-state index contributed by atoms with van der Waals surface area (Å²) < 4.78 is 6.61. The number of carbonyl (C=O) groups is 2. The minimum atomic E-state index is -0.583. The lowest BCUT2D eigenvalue weighted by Crippen LogP contribution is -2.27. The molecule has 0 spiro atoms. The summed E-state index contributed by atoms with van der Waals surface area (Å²) in [5.74, 6) is 0.216. The summed E-state index contributed by atoms with van der Waals surface area (Å²) in [4.78, 5) is 27.9. The molecule has 130 valence electrons. The van der Waals surface area contributed by atoms with E-state index in [1.165, 1.54) is 10.8 Å². The maximum atomic E-state index is 12.3. The van der Waals surface area contributed by atoms with Crippen LogP contribution in [0.3, 0.4) is 0 Å². The van der Waals surface area contributed by atoms with E-state index in [2.05, 4.69) is 30.9 Å². The molecular weight excluding hydrogens is 326 g/mol. The van der Waals surface area contributed by atoms with Crippen LogP contribution in [0.1, 0.15) is 31.1 Å². The fourth-order valence-corrected chi connectivity index (χ4v) is 2.00. The van der Waals surface area contributed by atoms with Crippen LogP contribution < -0.4 is 10.6 Å². The molecule has 0 saturated heterocycles. The molecule has 25 heavy (non-hydrogen) atoms. The first-order valence-electron chi connectivity index (χ1n) is 7.48. The van der Waals surface area contributed by atoms with Gasteiger partial charge in [0.25, 0.3) is 17.6 Å². The van der Waals surface area contributed by atoms with Crippen LogP contribution in [0.25, 0.3) is 5.78 Å². The third-order valence-electron chi connectivity index (χ3n) is 3.03. The Morgan fingerprint density at radius 3 is 2.52 bits per heavy atom. The molecule has 0 atom stereocenters. The molecule has 2 heterocycles. The van der Waals surface area contributed by atoms with E-state index in [0.717, 1.165) is 0 Å². The number of ether oxygens (including phenoxy) is 1. The van der Waals surface area contributed by atoms with E-state index in [0.29, 0.717) is 17.0 Å². The van der Waals surface area contributed by atoms with Gasteiger partial charge in [0.15, 0.2) is 0 Å². The van der Waals surface area contributed by atoms with Crippen LogP contribution in [-0.2, 0) is 4.74 Å². The number of benzene rings is 1. The Labute approximate surface area is 142 Å². The van der Waals surface area contributed by atoms with Crippen molar-refractivity contribution in [2.45, 2.75) is 26.4 Å². The summed E-state index contributed by atoms with van der Waals surface area (Å²) in [6.45, 7) is 5.34. The second-order valence-electron chi connectivity index (χ2n) is 6.20. The fraction of sp³-hybridized carbons (Fsp3) is 0.267. The van der Waals surface area contributed by atoms with Gasteiger partial charge in [-0.15, -0.1) is 10.2 Å². The van der Waals surface area contributed by atoms with Crippen LogP contribution in [0.4, 0.5) is 16.4 Å². The van der Waals surface area contributed by atoms with E-state index in [1.54, 1.807) is 45.0 Å². The van der Waals surface area contributed by atoms with Gasteiger partial charge >= 0.3 is 6.09 Å². The highest BCUT2D eigenvalue weighted by molar-refractivity contribution is 6.03. The number of hydrogen-bond donors (Lipinski definition) is 3. The lowest BCUT2D eigenvalue weighted by molar-refractivity contribution is 0.0636. The average molecular weight is 343 g/mol. The van der Waals surface area contributed by atoms with Crippen molar-refractivity contribution < 1.29 is 14.3 Å². The number of H-pyrrole nitrogens is 1. The number of aromatic amines is 1. The standard InChI is InChI=1S/C15H17N7O3/c1-15(2,3)25-14(24)18-10-6-4-9(5-7-10)11(23)19-13-21-20-12-16-8-17-22(12)13/h4-8H,1-3H3,(H,18,24)(H,16,17,20)(H,19,21,23). The minimum absolute atomic E-state index is 0.230. The molecule has 0 aliphatic rings. The molecule has 3 N–H and O–H groups in total. The number of anilines is 2. The zero-order valence-corrected chi connectivity index (χ0v) is 13.9. The van der Waals surface area contributed by atoms with Crippen LogP contribution in [0, 0.1) is 0 Å². The van der Waals surface area contributed by atoms with Gasteiger partial charge in [0, 0.05) is 11.3 Å². The minimum Gasteiger partial charge on any atom is -0.444 e. The number of amides is 2. The molecule has 0 unspecified atom stereocenters. The van der Waals surface area contributed by atoms with E-state index in [4.69, 9.17) is 4.74 Å². The van der Waals surface area contributed by atoms with Crippen molar-refractivity contribution in [3.8, 4) is 0 Å². The molecular formula is C15H17N7O3. The lowest BCUT2D eigenvalue weighted by Gasteiger charge is -2.19. The largest absolute Gasteiger partial charge is 0.444 e.